The van der Waals surface area contributed by atoms with Crippen molar-refractivity contribution in [3.63, 3.8) is 0 Å². The van der Waals surface area contributed by atoms with E-state index in [4.69, 9.17) is 24.4 Å². The summed E-state index contributed by atoms with van der Waals surface area (Å²) in [7, 11) is -2.29. The molecule has 60 heavy (non-hydrogen) atoms. The van der Waals surface area contributed by atoms with Crippen molar-refractivity contribution in [3.8, 4) is 34.5 Å². The zero-order valence-corrected chi connectivity index (χ0v) is 36.6. The van der Waals surface area contributed by atoms with Gasteiger partial charge in [-0.05, 0) is 78.9 Å². The van der Waals surface area contributed by atoms with Gasteiger partial charge >= 0.3 is 6.01 Å². The van der Waals surface area contributed by atoms with Gasteiger partial charge in [-0.3, -0.25) is 14.7 Å². The van der Waals surface area contributed by atoms with Crippen molar-refractivity contribution < 1.29 is 28.2 Å². The molecule has 4 atom stereocenters. The molecule has 0 unspecified atom stereocenters. The Balaban J connectivity index is 1.21. The summed E-state index contributed by atoms with van der Waals surface area (Å²) in [6, 6.07) is 6.13. The summed E-state index contributed by atoms with van der Waals surface area (Å²) in [4.78, 5) is 32.2. The molecule has 4 fully saturated rings. The number of phenolic OH excluding ortho intramolecular Hbond substituents is 1. The molecule has 0 aliphatic carbocycles. The fourth-order valence-corrected chi connectivity index (χ4v) is 16.9. The molecule has 9 rings (SSSR count). The van der Waals surface area contributed by atoms with E-state index in [0.29, 0.717) is 77.9 Å². The topological polar surface area (TPSA) is 125 Å². The van der Waals surface area contributed by atoms with Gasteiger partial charge in [-0.15, -0.1) is 5.54 Å². The number of aromatic hydroxyl groups is 1. The van der Waals surface area contributed by atoms with Gasteiger partial charge < -0.3 is 30.1 Å². The van der Waals surface area contributed by atoms with Crippen LogP contribution in [0.25, 0.3) is 32.9 Å². The molecular formula is C46H57F2N7O4Si. The summed E-state index contributed by atoms with van der Waals surface area (Å²) in [5.74, 6) is 2.41. The summed E-state index contributed by atoms with van der Waals surface area (Å²) in [5, 5.41) is 19.3. The average molecular weight is 838 g/mol. The molecule has 7 bridgehead atoms. The van der Waals surface area contributed by atoms with Crippen LogP contribution in [0, 0.1) is 23.1 Å². The van der Waals surface area contributed by atoms with E-state index in [1.807, 2.05) is 0 Å². The van der Waals surface area contributed by atoms with Crippen molar-refractivity contribution in [2.24, 2.45) is 0 Å². The van der Waals surface area contributed by atoms with Gasteiger partial charge in [-0.1, -0.05) is 53.5 Å². The molecule has 7 heterocycles. The number of ether oxygens (including phenoxy) is 2. The zero-order chi connectivity index (χ0) is 42.1. The number of nitrogens with zero attached hydrogens (tertiary/aromatic N) is 5. The first-order chi connectivity index (χ1) is 28.7. The Labute approximate surface area is 352 Å². The number of phenols is 1. The van der Waals surface area contributed by atoms with Crippen LogP contribution in [-0.2, 0) is 9.53 Å². The first-order valence-corrected chi connectivity index (χ1v) is 24.1. The second-order valence-electron chi connectivity index (χ2n) is 19.0. The van der Waals surface area contributed by atoms with Crippen LogP contribution in [-0.4, -0.2) is 108 Å². The van der Waals surface area contributed by atoms with Gasteiger partial charge in [0.1, 0.15) is 43.3 Å². The van der Waals surface area contributed by atoms with Crippen LogP contribution in [0.15, 0.2) is 30.5 Å². The number of carbonyl (C=O) groups is 1. The van der Waals surface area contributed by atoms with Crippen molar-refractivity contribution in [1.29, 1.82) is 0 Å². The summed E-state index contributed by atoms with van der Waals surface area (Å²) in [6.07, 6.45) is 6.30. The molecule has 2 spiro atoms. The molecule has 2 aromatic heterocycles. The SMILES string of the molecule is CC(C)[Si](C#Cc1c(F)ccc2cc(O)cc(-c3ncc4c5nc(nc4c3F)OC[C@]34CCCN3C[C@@H](C4)OCCC(=O)NC[C@]34CC[C@H](CN5C3)N4)c12)(C(C)C)C(C)C. The van der Waals surface area contributed by atoms with Crippen LogP contribution >= 0.6 is 0 Å². The van der Waals surface area contributed by atoms with Crippen LogP contribution in [0.4, 0.5) is 14.6 Å². The van der Waals surface area contributed by atoms with Crippen molar-refractivity contribution in [2.45, 2.75) is 120 Å². The number of anilines is 1. The van der Waals surface area contributed by atoms with Crippen LogP contribution < -0.4 is 20.3 Å². The van der Waals surface area contributed by atoms with E-state index in [1.165, 1.54) is 12.1 Å². The van der Waals surface area contributed by atoms with Gasteiger partial charge in [-0.2, -0.15) is 9.97 Å². The van der Waals surface area contributed by atoms with E-state index in [2.05, 4.69) is 73.4 Å². The van der Waals surface area contributed by atoms with Crippen molar-refractivity contribution in [3.05, 3.63) is 47.7 Å². The summed E-state index contributed by atoms with van der Waals surface area (Å²) < 4.78 is 46.7. The average Bonchev–Trinajstić information content (AvgIpc) is 3.85. The molecular weight excluding hydrogens is 781 g/mol. The maximum atomic E-state index is 17.7. The fraction of sp³-hybridized carbons (Fsp3) is 0.565. The molecule has 1 amide bonds. The molecule has 14 heteroatoms. The lowest BCUT2D eigenvalue weighted by atomic mass is 9.94. The molecule has 4 aromatic rings. The van der Waals surface area contributed by atoms with Crippen LogP contribution in [0.2, 0.25) is 16.6 Å². The highest BCUT2D eigenvalue weighted by Crippen LogP contribution is 2.44. The highest BCUT2D eigenvalue weighted by Gasteiger charge is 2.50. The van der Waals surface area contributed by atoms with E-state index in [1.54, 1.807) is 18.3 Å². The minimum atomic E-state index is -2.29. The molecule has 11 nitrogen and oxygen atoms in total. The minimum Gasteiger partial charge on any atom is -0.508 e. The number of fused-ring (bicyclic) bond motifs is 9. The third-order valence-electron chi connectivity index (χ3n) is 14.5. The van der Waals surface area contributed by atoms with Crippen molar-refractivity contribution in [1.82, 2.24) is 30.5 Å². The zero-order valence-electron chi connectivity index (χ0n) is 35.6. The summed E-state index contributed by atoms with van der Waals surface area (Å²) in [6.45, 7) is 17.1. The van der Waals surface area contributed by atoms with Gasteiger partial charge in [0, 0.05) is 55.8 Å². The quantitative estimate of drug-likeness (QED) is 0.143. The Bertz CT molecular complexity index is 2400. The Hall–Kier alpha value is -4.42. The third kappa shape index (κ3) is 6.99. The first-order valence-electron chi connectivity index (χ1n) is 21.8. The number of pyridine rings is 1. The monoisotopic (exact) mass is 837 g/mol. The second kappa shape index (κ2) is 15.5. The Morgan fingerprint density at radius 2 is 1.85 bits per heavy atom. The number of hydrogen-bond donors (Lipinski definition) is 3. The van der Waals surface area contributed by atoms with Gasteiger partial charge in [0.2, 0.25) is 5.91 Å². The number of nitrogens with one attached hydrogen (secondary N) is 2. The van der Waals surface area contributed by atoms with Crippen molar-refractivity contribution in [2.75, 3.05) is 50.8 Å². The number of rotatable bonds is 4. The number of hydrogen-bond acceptors (Lipinski definition) is 10. The molecule has 0 saturated carbocycles. The molecule has 3 N–H and O–H groups in total. The third-order valence-corrected chi connectivity index (χ3v) is 20.8. The maximum Gasteiger partial charge on any atom is 0.319 e. The van der Waals surface area contributed by atoms with Crippen LogP contribution in [0.3, 0.4) is 0 Å². The summed E-state index contributed by atoms with van der Waals surface area (Å²) >= 11 is 0. The number of aromatic nitrogens is 3. The predicted octanol–water partition coefficient (Wildman–Crippen LogP) is 7.23. The Kier molecular flexibility index (Phi) is 10.6. The first kappa shape index (κ1) is 41.0. The normalized spacial score (nSPS) is 26.1. The van der Waals surface area contributed by atoms with Crippen molar-refractivity contribution >= 4 is 41.5 Å². The second-order valence-corrected chi connectivity index (χ2v) is 24.6. The number of halogens is 2. The number of amides is 1. The Morgan fingerprint density at radius 1 is 1.05 bits per heavy atom. The van der Waals surface area contributed by atoms with Crippen LogP contribution in [0.1, 0.15) is 85.6 Å². The largest absolute Gasteiger partial charge is 0.508 e. The van der Waals surface area contributed by atoms with E-state index in [-0.39, 0.29) is 57.7 Å². The fourth-order valence-electron chi connectivity index (χ4n) is 11.6. The molecule has 2 aromatic carbocycles. The lowest BCUT2D eigenvalue weighted by Crippen LogP contribution is -2.64. The highest BCUT2D eigenvalue weighted by molar-refractivity contribution is 6.90. The smallest absolute Gasteiger partial charge is 0.319 e. The van der Waals surface area contributed by atoms with Gasteiger partial charge in [0.15, 0.2) is 5.82 Å². The van der Waals surface area contributed by atoms with Gasteiger partial charge in [-0.25, -0.2) is 8.78 Å². The highest BCUT2D eigenvalue weighted by atomic mass is 28.3. The van der Waals surface area contributed by atoms with Gasteiger partial charge in [0.05, 0.1) is 34.7 Å². The molecule has 5 aliphatic heterocycles. The summed E-state index contributed by atoms with van der Waals surface area (Å²) in [5.41, 5.74) is 4.22. The van der Waals surface area contributed by atoms with Gasteiger partial charge in [0.25, 0.3) is 0 Å². The predicted molar refractivity (Wildman–Crippen MR) is 232 cm³/mol. The minimum absolute atomic E-state index is 0.0194. The van der Waals surface area contributed by atoms with E-state index in [9.17, 15) is 9.90 Å². The Morgan fingerprint density at radius 3 is 2.63 bits per heavy atom. The maximum absolute atomic E-state index is 17.7. The number of benzene rings is 2. The molecule has 318 valence electrons. The van der Waals surface area contributed by atoms with E-state index in [0.717, 1.165) is 45.2 Å². The standard InChI is InChI=1S/C46H57F2N7O4Si/c1-27(2)60(28(3)4,29(5)6)17-12-34-37(47)9-8-30-18-32(56)19-35(39(30)34)41-40(48)42-36(21-49-41)43-52-44(51-42)59-26-46-13-7-15-55(46)23-33(20-46)58-16-11-38(57)50-24-45-14-10-31(53-45)22-54(43)25-45/h8-9,18-19,21,27-29,31,33,53,56H,7,10-11,13-16,20,22-26H2,1-6H3,(H,50,57)/t31-,33-,45-,46-/m1/s1. The number of piperazine rings is 1. The lowest BCUT2D eigenvalue weighted by Gasteiger charge is -2.42. The molecule has 5 aliphatic rings. The molecule has 0 radical (unpaired) electrons. The number of carbonyl (C=O) groups excluding carboxylic acids is 1. The van der Waals surface area contributed by atoms with Crippen LogP contribution in [0.5, 0.6) is 11.8 Å². The van der Waals surface area contributed by atoms with E-state index >= 15 is 8.78 Å². The van der Waals surface area contributed by atoms with E-state index < -0.39 is 25.2 Å². The lowest BCUT2D eigenvalue weighted by molar-refractivity contribution is -0.122. The molecule has 4 saturated heterocycles.